The molecule has 0 fully saturated rings. The van der Waals surface area contributed by atoms with Crippen LogP contribution in [0.5, 0.6) is 0 Å². The zero-order chi connectivity index (χ0) is 15.3. The van der Waals surface area contributed by atoms with Crippen molar-refractivity contribution in [3.63, 3.8) is 0 Å². The van der Waals surface area contributed by atoms with E-state index < -0.39 is 0 Å². The molecule has 2 aromatic heterocycles. The molecule has 2 rings (SSSR count). The van der Waals surface area contributed by atoms with E-state index in [1.54, 1.807) is 24.5 Å². The normalized spacial score (nSPS) is 11.4. The number of pyridine rings is 1. The molecule has 112 valence electrons. The fraction of sp³-hybridized carbons (Fsp3) is 0.467. The third-order valence-corrected chi connectivity index (χ3v) is 2.88. The van der Waals surface area contributed by atoms with Gasteiger partial charge in [-0.05, 0) is 18.6 Å². The van der Waals surface area contributed by atoms with Crippen molar-refractivity contribution in [3.05, 3.63) is 36.2 Å². The lowest BCUT2D eigenvalue weighted by Gasteiger charge is -2.10. The zero-order valence-electron chi connectivity index (χ0n) is 12.6. The maximum atomic E-state index is 11.8. The Hall–Kier alpha value is -2.24. The third-order valence-electron chi connectivity index (χ3n) is 2.88. The van der Waals surface area contributed by atoms with E-state index in [1.807, 2.05) is 20.8 Å². The second-order valence-electron chi connectivity index (χ2n) is 5.91. The highest BCUT2D eigenvalue weighted by Gasteiger charge is 2.20. The molecule has 0 aliphatic heterocycles. The summed E-state index contributed by atoms with van der Waals surface area (Å²) in [6.45, 7) is 6.09. The monoisotopic (exact) mass is 288 g/mol. The standard InChI is InChI=1S/C15H20N4O2/c1-15(2,3)14-18-13(21-19-14)8-4-7-12(20)17-11-6-5-9-16-10-11/h5-6,9-10H,4,7-8H2,1-3H3,(H,17,20). The summed E-state index contributed by atoms with van der Waals surface area (Å²) in [7, 11) is 0. The summed E-state index contributed by atoms with van der Waals surface area (Å²) in [5, 5.41) is 6.75. The first-order valence-corrected chi connectivity index (χ1v) is 6.98. The number of anilines is 1. The van der Waals surface area contributed by atoms with E-state index in [0.29, 0.717) is 36.7 Å². The van der Waals surface area contributed by atoms with Crippen molar-refractivity contribution in [2.24, 2.45) is 0 Å². The Balaban J connectivity index is 1.77. The third kappa shape index (κ3) is 4.66. The zero-order valence-corrected chi connectivity index (χ0v) is 12.6. The molecule has 6 heteroatoms. The van der Waals surface area contributed by atoms with Gasteiger partial charge in [-0.3, -0.25) is 9.78 Å². The highest BCUT2D eigenvalue weighted by molar-refractivity contribution is 5.90. The Morgan fingerprint density at radius 3 is 2.81 bits per heavy atom. The summed E-state index contributed by atoms with van der Waals surface area (Å²) in [4.78, 5) is 20.0. The predicted octanol–water partition coefficient (Wildman–Crippen LogP) is 2.72. The molecular formula is C15H20N4O2. The van der Waals surface area contributed by atoms with Gasteiger partial charge in [-0.15, -0.1) is 0 Å². The number of hydrogen-bond acceptors (Lipinski definition) is 5. The van der Waals surface area contributed by atoms with Crippen LogP contribution in [0.25, 0.3) is 0 Å². The van der Waals surface area contributed by atoms with Gasteiger partial charge < -0.3 is 9.84 Å². The van der Waals surface area contributed by atoms with Crippen molar-refractivity contribution in [1.82, 2.24) is 15.1 Å². The molecule has 0 saturated carbocycles. The number of hydrogen-bond donors (Lipinski definition) is 1. The van der Waals surface area contributed by atoms with Crippen LogP contribution in [0.2, 0.25) is 0 Å². The lowest BCUT2D eigenvalue weighted by Crippen LogP contribution is -2.13. The minimum atomic E-state index is -0.126. The largest absolute Gasteiger partial charge is 0.339 e. The summed E-state index contributed by atoms with van der Waals surface area (Å²) in [5.41, 5.74) is 0.578. The lowest BCUT2D eigenvalue weighted by atomic mass is 9.96. The Kier molecular flexibility index (Phi) is 4.67. The molecule has 2 heterocycles. The highest BCUT2D eigenvalue weighted by atomic mass is 16.5. The minimum absolute atomic E-state index is 0.0430. The summed E-state index contributed by atoms with van der Waals surface area (Å²) in [5.74, 6) is 1.23. The van der Waals surface area contributed by atoms with Crippen molar-refractivity contribution in [1.29, 1.82) is 0 Å². The molecule has 0 bridgehead atoms. The predicted molar refractivity (Wildman–Crippen MR) is 78.8 cm³/mol. The average Bonchev–Trinajstić information content (AvgIpc) is 2.88. The van der Waals surface area contributed by atoms with Gasteiger partial charge >= 0.3 is 0 Å². The van der Waals surface area contributed by atoms with Gasteiger partial charge in [-0.2, -0.15) is 4.98 Å². The van der Waals surface area contributed by atoms with Crippen LogP contribution in [0.4, 0.5) is 5.69 Å². The summed E-state index contributed by atoms with van der Waals surface area (Å²) >= 11 is 0. The smallest absolute Gasteiger partial charge is 0.226 e. The number of rotatable bonds is 5. The molecule has 6 nitrogen and oxygen atoms in total. The molecule has 0 aromatic carbocycles. The fourth-order valence-corrected chi connectivity index (χ4v) is 1.72. The van der Waals surface area contributed by atoms with Crippen molar-refractivity contribution < 1.29 is 9.32 Å². The highest BCUT2D eigenvalue weighted by Crippen LogP contribution is 2.19. The maximum absolute atomic E-state index is 11.8. The summed E-state index contributed by atoms with van der Waals surface area (Å²) in [6, 6.07) is 3.58. The minimum Gasteiger partial charge on any atom is -0.339 e. The first kappa shape index (κ1) is 15.2. The average molecular weight is 288 g/mol. The van der Waals surface area contributed by atoms with E-state index in [9.17, 15) is 4.79 Å². The van der Waals surface area contributed by atoms with Crippen molar-refractivity contribution in [2.45, 2.75) is 45.4 Å². The number of amides is 1. The topological polar surface area (TPSA) is 80.9 Å². The summed E-state index contributed by atoms with van der Waals surface area (Å²) < 4.78 is 5.19. The molecule has 0 unspecified atom stereocenters. The van der Waals surface area contributed by atoms with Crippen LogP contribution in [0, 0.1) is 0 Å². The van der Waals surface area contributed by atoms with Crippen LogP contribution in [0.1, 0.15) is 45.3 Å². The van der Waals surface area contributed by atoms with Gasteiger partial charge in [0.15, 0.2) is 5.82 Å². The van der Waals surface area contributed by atoms with Crippen LogP contribution in [-0.4, -0.2) is 21.0 Å². The number of carbonyl (C=O) groups is 1. The van der Waals surface area contributed by atoms with Crippen LogP contribution in [0.15, 0.2) is 29.0 Å². The number of nitrogens with zero attached hydrogens (tertiary/aromatic N) is 3. The molecule has 2 aromatic rings. The van der Waals surface area contributed by atoms with E-state index in [-0.39, 0.29) is 11.3 Å². The van der Waals surface area contributed by atoms with E-state index in [2.05, 4.69) is 20.4 Å². The molecule has 0 radical (unpaired) electrons. The van der Waals surface area contributed by atoms with Gasteiger partial charge in [-0.1, -0.05) is 25.9 Å². The Morgan fingerprint density at radius 2 is 2.19 bits per heavy atom. The van der Waals surface area contributed by atoms with Gasteiger partial charge in [0.1, 0.15) is 0 Å². The van der Waals surface area contributed by atoms with E-state index in [4.69, 9.17) is 4.52 Å². The van der Waals surface area contributed by atoms with Gasteiger partial charge in [0.05, 0.1) is 11.9 Å². The van der Waals surface area contributed by atoms with E-state index >= 15 is 0 Å². The number of aromatic nitrogens is 3. The Bertz CT molecular complexity index is 587. The fourth-order valence-electron chi connectivity index (χ4n) is 1.72. The molecule has 21 heavy (non-hydrogen) atoms. The second kappa shape index (κ2) is 6.47. The molecule has 0 spiro atoms. The number of nitrogens with one attached hydrogen (secondary N) is 1. The number of aryl methyl sites for hydroxylation is 1. The van der Waals surface area contributed by atoms with E-state index in [1.165, 1.54) is 0 Å². The molecule has 1 amide bonds. The number of carbonyl (C=O) groups excluding carboxylic acids is 1. The SMILES string of the molecule is CC(C)(C)c1noc(CCCC(=O)Nc2cccnc2)n1. The van der Waals surface area contributed by atoms with Gasteiger partial charge in [-0.25, -0.2) is 0 Å². The Labute approximate surface area is 124 Å². The first-order valence-electron chi connectivity index (χ1n) is 6.98. The first-order chi connectivity index (χ1) is 9.95. The summed E-state index contributed by atoms with van der Waals surface area (Å²) in [6.07, 6.45) is 4.95. The molecule has 0 saturated heterocycles. The molecule has 0 aliphatic carbocycles. The van der Waals surface area contributed by atoms with Gasteiger partial charge in [0.2, 0.25) is 11.8 Å². The second-order valence-corrected chi connectivity index (χ2v) is 5.91. The van der Waals surface area contributed by atoms with Crippen LogP contribution >= 0.6 is 0 Å². The van der Waals surface area contributed by atoms with Crippen LogP contribution < -0.4 is 5.32 Å². The maximum Gasteiger partial charge on any atom is 0.226 e. The van der Waals surface area contributed by atoms with Crippen molar-refractivity contribution in [2.75, 3.05) is 5.32 Å². The van der Waals surface area contributed by atoms with Crippen LogP contribution in [-0.2, 0) is 16.6 Å². The van der Waals surface area contributed by atoms with Crippen molar-refractivity contribution in [3.8, 4) is 0 Å². The van der Waals surface area contributed by atoms with Gasteiger partial charge in [0.25, 0.3) is 0 Å². The molecule has 0 atom stereocenters. The Morgan fingerprint density at radius 1 is 1.38 bits per heavy atom. The van der Waals surface area contributed by atoms with Crippen LogP contribution in [0.3, 0.4) is 0 Å². The van der Waals surface area contributed by atoms with Gasteiger partial charge in [0, 0.05) is 24.5 Å². The van der Waals surface area contributed by atoms with E-state index in [0.717, 1.165) is 0 Å². The molecular weight excluding hydrogens is 268 g/mol. The quantitative estimate of drug-likeness (QED) is 0.914. The molecule has 0 aliphatic rings. The van der Waals surface area contributed by atoms with Crippen molar-refractivity contribution >= 4 is 11.6 Å². The molecule has 1 N–H and O–H groups in total. The lowest BCUT2D eigenvalue weighted by molar-refractivity contribution is -0.116.